The average molecular weight is 368 g/mol. The van der Waals surface area contributed by atoms with E-state index in [2.05, 4.69) is 5.32 Å². The number of carbonyl (C=O) groups excluding carboxylic acids is 2. The molecule has 1 saturated heterocycles. The Kier molecular flexibility index (Phi) is 5.40. The lowest BCUT2D eigenvalue weighted by molar-refractivity contribution is -0.143. The molecule has 0 aliphatic carbocycles. The van der Waals surface area contributed by atoms with Gasteiger partial charge in [0.1, 0.15) is 0 Å². The number of Topliss-reactive ketones (excluding diaryl/α,β-unsaturated/α-hetero) is 1. The first kappa shape index (κ1) is 19.2. The molecule has 2 rings (SSSR count). The quantitative estimate of drug-likeness (QED) is 0.830. The number of piperazine rings is 1. The molecule has 1 aliphatic heterocycles. The van der Waals surface area contributed by atoms with Crippen molar-refractivity contribution >= 4 is 11.7 Å². The number of nitrogens with one attached hydrogen (secondary N) is 1. The smallest absolute Gasteiger partial charge is 0.333 e. The van der Waals surface area contributed by atoms with E-state index < -0.39 is 41.2 Å². The van der Waals surface area contributed by atoms with Gasteiger partial charge < -0.3 is 10.2 Å². The Morgan fingerprint density at radius 3 is 2.08 bits per heavy atom. The second-order valence-corrected chi connectivity index (χ2v) is 5.62. The Morgan fingerprint density at radius 1 is 1.04 bits per heavy atom. The Hall–Kier alpha value is -2.10. The SMILES string of the molecule is O=C(Cc1cc(C(F)(F)F)cc(C(F)(F)F)c1)CN1CCNCC1=O. The van der Waals surface area contributed by atoms with Crippen molar-refractivity contribution in [3.05, 3.63) is 34.9 Å². The molecule has 0 spiro atoms. The van der Waals surface area contributed by atoms with Gasteiger partial charge in [-0.3, -0.25) is 9.59 Å². The lowest BCUT2D eigenvalue weighted by atomic mass is 10.0. The third-order valence-electron chi connectivity index (χ3n) is 3.60. The maximum absolute atomic E-state index is 12.8. The fourth-order valence-corrected chi connectivity index (χ4v) is 2.43. The van der Waals surface area contributed by atoms with Crippen LogP contribution in [0.5, 0.6) is 0 Å². The van der Waals surface area contributed by atoms with Crippen molar-refractivity contribution in [1.29, 1.82) is 0 Å². The zero-order valence-corrected chi connectivity index (χ0v) is 12.8. The summed E-state index contributed by atoms with van der Waals surface area (Å²) in [6, 6.07) is 1.05. The van der Waals surface area contributed by atoms with E-state index in [9.17, 15) is 35.9 Å². The maximum Gasteiger partial charge on any atom is 0.416 e. The molecule has 0 aromatic heterocycles. The molecule has 0 unspecified atom stereocenters. The van der Waals surface area contributed by atoms with Crippen LogP contribution in [0, 0.1) is 0 Å². The van der Waals surface area contributed by atoms with Gasteiger partial charge in [0.2, 0.25) is 5.91 Å². The topological polar surface area (TPSA) is 49.4 Å². The van der Waals surface area contributed by atoms with Crippen LogP contribution in [0.2, 0.25) is 0 Å². The van der Waals surface area contributed by atoms with Crippen molar-refractivity contribution in [2.24, 2.45) is 0 Å². The standard InChI is InChI=1S/C15H14F6N2O2/c16-14(17,18)10-3-9(4-11(6-10)15(19,20)21)5-12(24)8-23-2-1-22-7-13(23)25/h3-4,6,22H,1-2,5,7-8H2. The summed E-state index contributed by atoms with van der Waals surface area (Å²) in [4.78, 5) is 24.8. The number of rotatable bonds is 4. The molecule has 1 aliphatic rings. The van der Waals surface area contributed by atoms with Gasteiger partial charge in [-0.15, -0.1) is 0 Å². The van der Waals surface area contributed by atoms with Crippen molar-refractivity contribution < 1.29 is 35.9 Å². The Bertz CT molecular complexity index is 637. The normalized spacial score (nSPS) is 16.2. The third kappa shape index (κ3) is 5.18. The van der Waals surface area contributed by atoms with Crippen molar-refractivity contribution in [1.82, 2.24) is 10.2 Å². The summed E-state index contributed by atoms with van der Waals surface area (Å²) in [5.41, 5.74) is -3.33. The molecule has 0 saturated carbocycles. The number of nitrogens with zero attached hydrogens (tertiary/aromatic N) is 1. The van der Waals surface area contributed by atoms with Crippen LogP contribution in [0.3, 0.4) is 0 Å². The average Bonchev–Trinajstić information content (AvgIpc) is 2.47. The van der Waals surface area contributed by atoms with Gasteiger partial charge in [0, 0.05) is 19.5 Å². The highest BCUT2D eigenvalue weighted by Gasteiger charge is 2.37. The van der Waals surface area contributed by atoms with Crippen LogP contribution >= 0.6 is 0 Å². The predicted molar refractivity (Wildman–Crippen MR) is 74.6 cm³/mol. The van der Waals surface area contributed by atoms with Crippen LogP contribution in [-0.2, 0) is 28.4 Å². The molecule has 1 fully saturated rings. The van der Waals surface area contributed by atoms with E-state index >= 15 is 0 Å². The number of benzene rings is 1. The van der Waals surface area contributed by atoms with Crippen LogP contribution in [0.15, 0.2) is 18.2 Å². The number of amides is 1. The first-order valence-corrected chi connectivity index (χ1v) is 7.25. The summed E-state index contributed by atoms with van der Waals surface area (Å²) in [6.07, 6.45) is -10.6. The number of hydrogen-bond donors (Lipinski definition) is 1. The van der Waals surface area contributed by atoms with E-state index in [0.717, 1.165) is 0 Å². The van der Waals surface area contributed by atoms with E-state index in [1.54, 1.807) is 0 Å². The third-order valence-corrected chi connectivity index (χ3v) is 3.60. The maximum atomic E-state index is 12.8. The first-order chi connectivity index (χ1) is 11.5. The summed E-state index contributed by atoms with van der Waals surface area (Å²) in [7, 11) is 0. The molecule has 1 aromatic rings. The van der Waals surface area contributed by atoms with Crippen LogP contribution in [-0.4, -0.2) is 42.8 Å². The molecule has 0 bridgehead atoms. The van der Waals surface area contributed by atoms with Crippen LogP contribution in [0.25, 0.3) is 0 Å². The molecule has 1 heterocycles. The van der Waals surface area contributed by atoms with Gasteiger partial charge in [-0.2, -0.15) is 26.3 Å². The second-order valence-electron chi connectivity index (χ2n) is 5.62. The van der Waals surface area contributed by atoms with Crippen molar-refractivity contribution in [2.45, 2.75) is 18.8 Å². The Balaban J connectivity index is 2.20. The molecule has 25 heavy (non-hydrogen) atoms. The summed E-state index contributed by atoms with van der Waals surface area (Å²) in [5, 5.41) is 2.78. The molecule has 138 valence electrons. The molecule has 0 radical (unpaired) electrons. The number of halogens is 6. The van der Waals surface area contributed by atoms with Gasteiger partial charge in [-0.1, -0.05) is 0 Å². The molecule has 1 aromatic carbocycles. The van der Waals surface area contributed by atoms with Gasteiger partial charge in [0.25, 0.3) is 0 Å². The summed E-state index contributed by atoms with van der Waals surface area (Å²) in [6.45, 7) is 0.398. The molecule has 4 nitrogen and oxygen atoms in total. The summed E-state index contributed by atoms with van der Waals surface area (Å²) < 4.78 is 76.7. The number of ketones is 1. The van der Waals surface area contributed by atoms with Crippen LogP contribution in [0.4, 0.5) is 26.3 Å². The highest BCUT2D eigenvalue weighted by atomic mass is 19.4. The lowest BCUT2D eigenvalue weighted by Gasteiger charge is -2.26. The number of hydrogen-bond acceptors (Lipinski definition) is 3. The van der Waals surface area contributed by atoms with Gasteiger partial charge in [0.15, 0.2) is 5.78 Å². The van der Waals surface area contributed by atoms with Gasteiger partial charge in [-0.25, -0.2) is 0 Å². The molecule has 10 heteroatoms. The molecular weight excluding hydrogens is 354 g/mol. The van der Waals surface area contributed by atoms with Gasteiger partial charge in [-0.05, 0) is 23.8 Å². The van der Waals surface area contributed by atoms with E-state index in [4.69, 9.17) is 0 Å². The minimum atomic E-state index is -4.96. The summed E-state index contributed by atoms with van der Waals surface area (Å²) in [5.74, 6) is -0.984. The van der Waals surface area contributed by atoms with Crippen molar-refractivity contribution in [2.75, 3.05) is 26.2 Å². The van der Waals surface area contributed by atoms with Crippen LogP contribution < -0.4 is 5.32 Å². The Labute approximate surface area is 138 Å². The number of alkyl halides is 6. The monoisotopic (exact) mass is 368 g/mol. The van der Waals surface area contributed by atoms with Crippen molar-refractivity contribution in [3.63, 3.8) is 0 Å². The van der Waals surface area contributed by atoms with E-state index in [1.807, 2.05) is 0 Å². The lowest BCUT2D eigenvalue weighted by Crippen LogP contribution is -2.49. The zero-order chi connectivity index (χ0) is 18.8. The van der Waals surface area contributed by atoms with Crippen LogP contribution in [0.1, 0.15) is 16.7 Å². The molecule has 1 N–H and O–H groups in total. The Morgan fingerprint density at radius 2 is 1.60 bits per heavy atom. The van der Waals surface area contributed by atoms with E-state index in [1.165, 1.54) is 4.90 Å². The number of carbonyl (C=O) groups is 2. The molecular formula is C15H14F6N2O2. The molecule has 1 amide bonds. The largest absolute Gasteiger partial charge is 0.416 e. The fourth-order valence-electron chi connectivity index (χ4n) is 2.43. The van der Waals surface area contributed by atoms with Gasteiger partial charge in [0.05, 0.1) is 24.2 Å². The zero-order valence-electron chi connectivity index (χ0n) is 12.8. The highest BCUT2D eigenvalue weighted by Crippen LogP contribution is 2.36. The highest BCUT2D eigenvalue weighted by molar-refractivity contribution is 5.88. The van der Waals surface area contributed by atoms with E-state index in [-0.39, 0.29) is 31.6 Å². The van der Waals surface area contributed by atoms with Gasteiger partial charge >= 0.3 is 12.4 Å². The second kappa shape index (κ2) is 7.03. The molecule has 0 atom stereocenters. The minimum Gasteiger partial charge on any atom is -0.333 e. The predicted octanol–water partition coefficient (Wildman–Crippen LogP) is 2.27. The van der Waals surface area contributed by atoms with E-state index in [0.29, 0.717) is 18.7 Å². The first-order valence-electron chi connectivity index (χ1n) is 7.25. The minimum absolute atomic E-state index is 0.00775. The summed E-state index contributed by atoms with van der Waals surface area (Å²) >= 11 is 0. The van der Waals surface area contributed by atoms with Crippen molar-refractivity contribution in [3.8, 4) is 0 Å². The fraction of sp³-hybridized carbons (Fsp3) is 0.467.